The van der Waals surface area contributed by atoms with Crippen LogP contribution in [0.3, 0.4) is 0 Å². The van der Waals surface area contributed by atoms with Crippen LogP contribution in [0.25, 0.3) is 0 Å². The van der Waals surface area contributed by atoms with E-state index in [1.54, 1.807) is 18.3 Å². The van der Waals surface area contributed by atoms with E-state index in [4.69, 9.17) is 0 Å². The summed E-state index contributed by atoms with van der Waals surface area (Å²) in [6.45, 7) is 0.842. The van der Waals surface area contributed by atoms with Crippen molar-refractivity contribution >= 4 is 17.5 Å². The van der Waals surface area contributed by atoms with Crippen LogP contribution in [0, 0.1) is 11.6 Å². The summed E-state index contributed by atoms with van der Waals surface area (Å²) < 4.78 is 25.7. The normalized spacial score (nSPS) is 10.0. The Morgan fingerprint density at radius 2 is 1.95 bits per heavy atom. The number of halogens is 2. The molecule has 0 unspecified atom stereocenters. The van der Waals surface area contributed by atoms with Crippen molar-refractivity contribution in [3.05, 3.63) is 54.2 Å². The minimum absolute atomic E-state index is 0.184. The van der Waals surface area contributed by atoms with E-state index in [0.717, 1.165) is 12.1 Å². The van der Waals surface area contributed by atoms with E-state index in [2.05, 4.69) is 20.9 Å². The molecule has 0 radical (unpaired) electrons. The number of nitrogens with one attached hydrogen (secondary N) is 3. The molecule has 2 aromatic rings. The van der Waals surface area contributed by atoms with Gasteiger partial charge in [0.05, 0.1) is 0 Å². The lowest BCUT2D eigenvalue weighted by Crippen LogP contribution is -2.32. The standard InChI is InChI=1S/C14H14F2N4O/c15-11-5-4-10(9-12(11)16)20-14(21)19-8-7-18-13-3-1-2-6-17-13/h1-6,9H,7-8H2,(H,17,18)(H2,19,20,21). The summed E-state index contributed by atoms with van der Waals surface area (Å²) in [6.07, 6.45) is 1.66. The molecule has 0 fully saturated rings. The van der Waals surface area contributed by atoms with E-state index in [-0.39, 0.29) is 5.69 Å². The monoisotopic (exact) mass is 292 g/mol. The predicted octanol–water partition coefficient (Wildman–Crippen LogP) is 2.59. The molecule has 3 N–H and O–H groups in total. The molecule has 0 aliphatic rings. The number of hydrogen-bond acceptors (Lipinski definition) is 3. The van der Waals surface area contributed by atoms with E-state index < -0.39 is 17.7 Å². The Bertz CT molecular complexity index is 607. The van der Waals surface area contributed by atoms with Crippen molar-refractivity contribution in [2.45, 2.75) is 0 Å². The van der Waals surface area contributed by atoms with Gasteiger partial charge in [-0.25, -0.2) is 18.6 Å². The van der Waals surface area contributed by atoms with Gasteiger partial charge in [-0.15, -0.1) is 0 Å². The zero-order chi connectivity index (χ0) is 15.1. The van der Waals surface area contributed by atoms with E-state index in [1.807, 2.05) is 6.07 Å². The summed E-state index contributed by atoms with van der Waals surface area (Å²) in [7, 11) is 0. The van der Waals surface area contributed by atoms with Gasteiger partial charge < -0.3 is 16.0 Å². The minimum Gasteiger partial charge on any atom is -0.368 e. The highest BCUT2D eigenvalue weighted by molar-refractivity contribution is 5.89. The van der Waals surface area contributed by atoms with Gasteiger partial charge in [0, 0.05) is 31.0 Å². The van der Waals surface area contributed by atoms with Crippen molar-refractivity contribution in [1.29, 1.82) is 0 Å². The van der Waals surface area contributed by atoms with Crippen LogP contribution in [0.1, 0.15) is 0 Å². The molecule has 1 aromatic heterocycles. The highest BCUT2D eigenvalue weighted by Crippen LogP contribution is 2.12. The molecule has 2 rings (SSSR count). The number of anilines is 2. The lowest BCUT2D eigenvalue weighted by molar-refractivity contribution is 0.252. The maximum Gasteiger partial charge on any atom is 0.319 e. The summed E-state index contributed by atoms with van der Waals surface area (Å²) in [5, 5.41) is 8.00. The second kappa shape index (κ2) is 7.18. The Labute approximate surface area is 120 Å². The number of carbonyl (C=O) groups is 1. The van der Waals surface area contributed by atoms with Crippen LogP contribution in [0.5, 0.6) is 0 Å². The number of hydrogen-bond donors (Lipinski definition) is 3. The number of aromatic nitrogens is 1. The summed E-state index contributed by atoms with van der Waals surface area (Å²) >= 11 is 0. The van der Waals surface area contributed by atoms with E-state index in [9.17, 15) is 13.6 Å². The van der Waals surface area contributed by atoms with Gasteiger partial charge in [0.1, 0.15) is 5.82 Å². The third-order valence-electron chi connectivity index (χ3n) is 2.56. The molecule has 5 nitrogen and oxygen atoms in total. The molecular weight excluding hydrogens is 278 g/mol. The van der Waals surface area contributed by atoms with Gasteiger partial charge in [0.2, 0.25) is 0 Å². The third-order valence-corrected chi connectivity index (χ3v) is 2.56. The average Bonchev–Trinajstić information content (AvgIpc) is 2.49. The molecule has 2 amide bonds. The van der Waals surface area contributed by atoms with Crippen molar-refractivity contribution in [2.75, 3.05) is 23.7 Å². The number of carbonyl (C=O) groups excluding carboxylic acids is 1. The Morgan fingerprint density at radius 1 is 1.10 bits per heavy atom. The molecule has 1 heterocycles. The first kappa shape index (κ1) is 14.7. The molecule has 1 aromatic carbocycles. The SMILES string of the molecule is O=C(NCCNc1ccccn1)Nc1ccc(F)c(F)c1. The van der Waals surface area contributed by atoms with Gasteiger partial charge >= 0.3 is 6.03 Å². The van der Waals surface area contributed by atoms with Crippen LogP contribution in [0.2, 0.25) is 0 Å². The summed E-state index contributed by atoms with van der Waals surface area (Å²) in [4.78, 5) is 15.6. The third kappa shape index (κ3) is 4.72. The van der Waals surface area contributed by atoms with E-state index in [0.29, 0.717) is 18.9 Å². The molecule has 0 aliphatic heterocycles. The molecule has 0 aliphatic carbocycles. The van der Waals surface area contributed by atoms with Gasteiger partial charge in [-0.1, -0.05) is 6.07 Å². The highest BCUT2D eigenvalue weighted by Gasteiger charge is 2.05. The molecule has 0 bridgehead atoms. The zero-order valence-electron chi connectivity index (χ0n) is 11.1. The minimum atomic E-state index is -1.01. The molecule has 0 spiro atoms. The first-order valence-corrected chi connectivity index (χ1v) is 6.30. The Balaban J connectivity index is 1.71. The maximum atomic E-state index is 13.0. The average molecular weight is 292 g/mol. The van der Waals surface area contributed by atoms with Crippen LogP contribution < -0.4 is 16.0 Å². The first-order valence-electron chi connectivity index (χ1n) is 6.30. The number of nitrogens with zero attached hydrogens (tertiary/aromatic N) is 1. The van der Waals surface area contributed by atoms with E-state index in [1.165, 1.54) is 6.07 Å². The number of amides is 2. The number of rotatable bonds is 5. The quantitative estimate of drug-likeness (QED) is 0.742. The summed E-state index contributed by atoms with van der Waals surface area (Å²) in [5.74, 6) is -1.26. The van der Waals surface area contributed by atoms with Crippen molar-refractivity contribution in [2.24, 2.45) is 0 Å². The van der Waals surface area contributed by atoms with Crippen LogP contribution in [-0.2, 0) is 0 Å². The summed E-state index contributed by atoms with van der Waals surface area (Å²) in [6, 6.07) is 8.11. The Kier molecular flexibility index (Phi) is 5.03. The predicted molar refractivity (Wildman–Crippen MR) is 76.1 cm³/mol. The van der Waals surface area contributed by atoms with Crippen molar-refractivity contribution in [1.82, 2.24) is 10.3 Å². The van der Waals surface area contributed by atoms with Gasteiger partial charge in [-0.3, -0.25) is 0 Å². The van der Waals surface area contributed by atoms with Gasteiger partial charge in [-0.2, -0.15) is 0 Å². The molecule has 7 heteroatoms. The topological polar surface area (TPSA) is 66.0 Å². The van der Waals surface area contributed by atoms with Crippen LogP contribution >= 0.6 is 0 Å². The van der Waals surface area contributed by atoms with Crippen LogP contribution in [-0.4, -0.2) is 24.1 Å². The molecule has 0 atom stereocenters. The van der Waals surface area contributed by atoms with Gasteiger partial charge in [-0.05, 0) is 24.3 Å². The van der Waals surface area contributed by atoms with Gasteiger partial charge in [0.15, 0.2) is 11.6 Å². The second-order valence-corrected chi connectivity index (χ2v) is 4.15. The van der Waals surface area contributed by atoms with Crippen molar-refractivity contribution < 1.29 is 13.6 Å². The lowest BCUT2D eigenvalue weighted by Gasteiger charge is -2.09. The highest BCUT2D eigenvalue weighted by atomic mass is 19.2. The fourth-order valence-electron chi connectivity index (χ4n) is 1.58. The Morgan fingerprint density at radius 3 is 2.67 bits per heavy atom. The largest absolute Gasteiger partial charge is 0.368 e. The van der Waals surface area contributed by atoms with Gasteiger partial charge in [0.25, 0.3) is 0 Å². The summed E-state index contributed by atoms with van der Waals surface area (Å²) in [5.41, 5.74) is 0.184. The first-order chi connectivity index (χ1) is 10.1. The number of urea groups is 1. The smallest absolute Gasteiger partial charge is 0.319 e. The van der Waals surface area contributed by atoms with E-state index >= 15 is 0 Å². The fourth-order valence-corrected chi connectivity index (χ4v) is 1.58. The molecule has 110 valence electrons. The lowest BCUT2D eigenvalue weighted by atomic mass is 10.3. The van der Waals surface area contributed by atoms with Crippen molar-refractivity contribution in [3.63, 3.8) is 0 Å². The number of benzene rings is 1. The molecular formula is C14H14F2N4O. The zero-order valence-corrected chi connectivity index (χ0v) is 11.1. The number of pyridine rings is 1. The van der Waals surface area contributed by atoms with Crippen LogP contribution in [0.15, 0.2) is 42.6 Å². The molecule has 0 saturated carbocycles. The fraction of sp³-hybridized carbons (Fsp3) is 0.143. The second-order valence-electron chi connectivity index (χ2n) is 4.15. The van der Waals surface area contributed by atoms with Crippen molar-refractivity contribution in [3.8, 4) is 0 Å². The molecule has 21 heavy (non-hydrogen) atoms. The maximum absolute atomic E-state index is 13.0. The van der Waals surface area contributed by atoms with Crippen LogP contribution in [0.4, 0.5) is 25.1 Å². The Hall–Kier alpha value is -2.70. The molecule has 0 saturated heterocycles.